The Hall–Kier alpha value is -4.73. The van der Waals surface area contributed by atoms with E-state index >= 15 is 0 Å². The number of alkyl halides is 3. The molecule has 2 aromatic carbocycles. The van der Waals surface area contributed by atoms with Crippen LogP contribution in [0.1, 0.15) is 30.0 Å². The molecular formula is C31H35F3N6O6S. The minimum Gasteiger partial charge on any atom is -0.361 e. The van der Waals surface area contributed by atoms with Crippen LogP contribution in [0.2, 0.25) is 0 Å². The number of benzene rings is 2. The lowest BCUT2D eigenvalue weighted by atomic mass is 9.98. The first-order chi connectivity index (χ1) is 22.2. The van der Waals surface area contributed by atoms with Gasteiger partial charge < -0.3 is 25.8 Å². The third-order valence-electron chi connectivity index (χ3n) is 7.78. The SMILES string of the molecule is CCC(=O)NC(Cc1ccccc1C(=N)N1CCS(=O)(=O)CC1)C(=O)NCC(=O)NC(Cc1c[nH]c2ccccc12)C(=O)C(F)(F)F. The molecule has 252 valence electrons. The molecule has 4 rings (SSSR count). The Morgan fingerprint density at radius 2 is 1.53 bits per heavy atom. The van der Waals surface area contributed by atoms with Gasteiger partial charge in [0.25, 0.3) is 5.78 Å². The number of para-hydroxylation sites is 1. The van der Waals surface area contributed by atoms with Crippen molar-refractivity contribution in [2.24, 2.45) is 0 Å². The lowest BCUT2D eigenvalue weighted by molar-refractivity contribution is -0.173. The first kappa shape index (κ1) is 35.1. The number of halogens is 3. The van der Waals surface area contributed by atoms with Gasteiger partial charge in [0.2, 0.25) is 17.7 Å². The molecule has 2 heterocycles. The van der Waals surface area contributed by atoms with E-state index in [1.165, 1.54) is 6.20 Å². The summed E-state index contributed by atoms with van der Waals surface area (Å²) in [5, 5.41) is 16.3. The molecule has 3 aromatic rings. The van der Waals surface area contributed by atoms with E-state index in [1.807, 2.05) is 0 Å². The maximum absolute atomic E-state index is 13.5. The number of carbonyl (C=O) groups excluding carboxylic acids is 4. The van der Waals surface area contributed by atoms with Crippen LogP contribution in [0.15, 0.2) is 54.7 Å². The van der Waals surface area contributed by atoms with Crippen molar-refractivity contribution in [1.29, 1.82) is 5.41 Å². The number of carbonyl (C=O) groups is 4. The van der Waals surface area contributed by atoms with Crippen LogP contribution in [0.4, 0.5) is 13.2 Å². The fourth-order valence-electron chi connectivity index (χ4n) is 5.22. The number of H-pyrrole nitrogens is 1. The highest BCUT2D eigenvalue weighted by Gasteiger charge is 2.44. The van der Waals surface area contributed by atoms with Crippen LogP contribution in [0.3, 0.4) is 0 Å². The second-order valence-corrected chi connectivity index (χ2v) is 13.4. The quantitative estimate of drug-likeness (QED) is 0.143. The fraction of sp³-hybridized carbons (Fsp3) is 0.387. The summed E-state index contributed by atoms with van der Waals surface area (Å²) >= 11 is 0. The number of hydrogen-bond donors (Lipinski definition) is 5. The third kappa shape index (κ3) is 9.18. The van der Waals surface area contributed by atoms with Crippen molar-refractivity contribution in [3.63, 3.8) is 0 Å². The summed E-state index contributed by atoms with van der Waals surface area (Å²) < 4.78 is 64.1. The number of Topliss-reactive ketones (excluding diaryl/α,β-unsaturated/α-hetero) is 1. The summed E-state index contributed by atoms with van der Waals surface area (Å²) in [6, 6.07) is 10.2. The van der Waals surface area contributed by atoms with E-state index in [0.29, 0.717) is 27.6 Å². The van der Waals surface area contributed by atoms with E-state index in [9.17, 15) is 40.8 Å². The predicted octanol–water partition coefficient (Wildman–Crippen LogP) is 1.64. The number of aromatic amines is 1. The summed E-state index contributed by atoms with van der Waals surface area (Å²) in [5.74, 6) is -4.67. The van der Waals surface area contributed by atoms with Gasteiger partial charge in [-0.05, 0) is 17.2 Å². The number of aromatic nitrogens is 1. The predicted molar refractivity (Wildman–Crippen MR) is 167 cm³/mol. The van der Waals surface area contributed by atoms with E-state index in [2.05, 4.69) is 20.9 Å². The van der Waals surface area contributed by atoms with Gasteiger partial charge in [-0.15, -0.1) is 0 Å². The number of rotatable bonds is 12. The van der Waals surface area contributed by atoms with Gasteiger partial charge >= 0.3 is 6.18 Å². The number of amides is 3. The number of nitrogens with zero attached hydrogens (tertiary/aromatic N) is 1. The van der Waals surface area contributed by atoms with Gasteiger partial charge in [-0.2, -0.15) is 13.2 Å². The van der Waals surface area contributed by atoms with Crippen molar-refractivity contribution in [2.75, 3.05) is 31.1 Å². The molecule has 1 saturated heterocycles. The lowest BCUT2D eigenvalue weighted by Crippen LogP contribution is -2.53. The maximum atomic E-state index is 13.5. The minimum atomic E-state index is -5.23. The van der Waals surface area contributed by atoms with Crippen molar-refractivity contribution >= 4 is 50.1 Å². The molecule has 0 spiro atoms. The molecule has 1 aliphatic heterocycles. The number of ketones is 1. The van der Waals surface area contributed by atoms with E-state index in [-0.39, 0.29) is 43.3 Å². The zero-order chi connectivity index (χ0) is 34.4. The molecule has 1 aromatic heterocycles. The Labute approximate surface area is 268 Å². The first-order valence-corrected chi connectivity index (χ1v) is 16.6. The van der Waals surface area contributed by atoms with Crippen molar-refractivity contribution in [3.05, 3.63) is 71.4 Å². The second-order valence-electron chi connectivity index (χ2n) is 11.1. The van der Waals surface area contributed by atoms with Crippen molar-refractivity contribution < 1.29 is 40.8 Å². The summed E-state index contributed by atoms with van der Waals surface area (Å²) in [5.41, 5.74) is 1.92. The molecule has 3 amide bonds. The number of sulfone groups is 1. The molecule has 47 heavy (non-hydrogen) atoms. The van der Waals surface area contributed by atoms with Gasteiger partial charge in [-0.25, -0.2) is 8.42 Å². The molecule has 0 saturated carbocycles. The molecule has 5 N–H and O–H groups in total. The van der Waals surface area contributed by atoms with Gasteiger partial charge in [0.05, 0.1) is 18.1 Å². The molecule has 0 bridgehead atoms. The smallest absolute Gasteiger partial charge is 0.361 e. The van der Waals surface area contributed by atoms with Crippen molar-refractivity contribution in [2.45, 2.75) is 44.4 Å². The normalized spacial score (nSPS) is 15.8. The van der Waals surface area contributed by atoms with Crippen LogP contribution in [0, 0.1) is 5.41 Å². The molecule has 0 aliphatic carbocycles. The van der Waals surface area contributed by atoms with Gasteiger partial charge in [-0.1, -0.05) is 49.4 Å². The Bertz CT molecular complexity index is 1760. The van der Waals surface area contributed by atoms with E-state index in [1.54, 1.807) is 60.4 Å². The van der Waals surface area contributed by atoms with Crippen LogP contribution in [0.25, 0.3) is 10.9 Å². The van der Waals surface area contributed by atoms with Crippen molar-refractivity contribution in [1.82, 2.24) is 25.8 Å². The molecule has 2 atom stereocenters. The Morgan fingerprint density at radius 3 is 2.21 bits per heavy atom. The van der Waals surface area contributed by atoms with Crippen LogP contribution in [-0.2, 0) is 41.9 Å². The largest absolute Gasteiger partial charge is 0.452 e. The zero-order valence-electron chi connectivity index (χ0n) is 25.4. The standard InChI is InChI=1S/C31H35F3N6O6S/c1-2-26(41)39-25(15-19-7-3-4-9-22(19)29(35)40-11-13-47(45,46)14-12-40)30(44)37-18-27(42)38-24(28(43)31(32,33)34)16-20-17-36-23-10-6-5-8-21(20)23/h3-10,17,24-25,35-36H,2,11-16,18H2,1H3,(H,37,44)(H,38,42)(H,39,41). The van der Waals surface area contributed by atoms with Gasteiger partial charge in [0.1, 0.15) is 17.9 Å². The first-order valence-electron chi connectivity index (χ1n) is 14.8. The van der Waals surface area contributed by atoms with Gasteiger partial charge in [-0.3, -0.25) is 24.6 Å². The third-order valence-corrected chi connectivity index (χ3v) is 9.39. The van der Waals surface area contributed by atoms with Crippen LogP contribution < -0.4 is 16.0 Å². The molecular weight excluding hydrogens is 641 g/mol. The number of fused-ring (bicyclic) bond motifs is 1. The second kappa shape index (κ2) is 14.8. The molecule has 1 fully saturated rings. The Kier molecular flexibility index (Phi) is 11.1. The maximum Gasteiger partial charge on any atom is 0.452 e. The zero-order valence-corrected chi connectivity index (χ0v) is 26.3. The highest BCUT2D eigenvalue weighted by Crippen LogP contribution is 2.24. The highest BCUT2D eigenvalue weighted by molar-refractivity contribution is 7.91. The lowest BCUT2D eigenvalue weighted by Gasteiger charge is -2.30. The molecule has 0 radical (unpaired) electrons. The highest BCUT2D eigenvalue weighted by atomic mass is 32.2. The number of amidine groups is 1. The Balaban J connectivity index is 1.46. The average Bonchev–Trinajstić information content (AvgIpc) is 3.44. The van der Waals surface area contributed by atoms with Gasteiger partial charge in [0.15, 0.2) is 9.84 Å². The average molecular weight is 677 g/mol. The molecule has 2 unspecified atom stereocenters. The molecule has 16 heteroatoms. The summed E-state index contributed by atoms with van der Waals surface area (Å²) in [7, 11) is -3.19. The Morgan fingerprint density at radius 1 is 0.915 bits per heavy atom. The summed E-state index contributed by atoms with van der Waals surface area (Å²) in [6.45, 7) is 1.03. The summed E-state index contributed by atoms with van der Waals surface area (Å²) in [4.78, 5) is 55.1. The summed E-state index contributed by atoms with van der Waals surface area (Å²) in [6.07, 6.45) is -4.31. The number of hydrogen-bond acceptors (Lipinski definition) is 7. The minimum absolute atomic E-state index is 0.0268. The molecule has 1 aliphatic rings. The van der Waals surface area contributed by atoms with E-state index < -0.39 is 64.6 Å². The monoisotopic (exact) mass is 676 g/mol. The van der Waals surface area contributed by atoms with Crippen molar-refractivity contribution in [3.8, 4) is 0 Å². The van der Waals surface area contributed by atoms with Crippen LogP contribution >= 0.6 is 0 Å². The van der Waals surface area contributed by atoms with E-state index in [4.69, 9.17) is 5.41 Å². The van der Waals surface area contributed by atoms with E-state index in [0.717, 1.165) is 0 Å². The van der Waals surface area contributed by atoms with Crippen LogP contribution in [-0.4, -0.2) is 97.0 Å². The fourth-order valence-corrected chi connectivity index (χ4v) is 6.43. The van der Waals surface area contributed by atoms with Crippen LogP contribution in [0.5, 0.6) is 0 Å². The van der Waals surface area contributed by atoms with Gasteiger partial charge in [0, 0.05) is 55.0 Å². The number of nitrogens with one attached hydrogen (secondary N) is 5. The topological polar surface area (TPSA) is 181 Å². The molecule has 12 nitrogen and oxygen atoms in total.